The molecule has 0 aromatic heterocycles. The van der Waals surface area contributed by atoms with Crippen molar-refractivity contribution >= 4 is 27.8 Å². The van der Waals surface area contributed by atoms with Gasteiger partial charge in [-0.25, -0.2) is 17.5 Å². The van der Waals surface area contributed by atoms with Gasteiger partial charge in [0.1, 0.15) is 12.4 Å². The van der Waals surface area contributed by atoms with Gasteiger partial charge in [-0.3, -0.25) is 0 Å². The molecule has 0 N–H and O–H groups in total. The number of methoxy groups -OCH3 is 1. The van der Waals surface area contributed by atoms with Crippen LogP contribution in [0.3, 0.4) is 0 Å². The maximum atomic E-state index is 13.7. The van der Waals surface area contributed by atoms with E-state index in [-0.39, 0.29) is 11.5 Å². The van der Waals surface area contributed by atoms with Crippen LogP contribution in [0.4, 0.5) is 5.69 Å². The number of ether oxygens (including phenoxy) is 2. The van der Waals surface area contributed by atoms with Crippen LogP contribution in [0.1, 0.15) is 21.5 Å². The van der Waals surface area contributed by atoms with Crippen LogP contribution in [0.5, 0.6) is 5.75 Å². The van der Waals surface area contributed by atoms with E-state index in [1.807, 2.05) is 6.92 Å². The Hall–Kier alpha value is -3.58. The average molecular weight is 436 g/mol. The lowest BCUT2D eigenvalue weighted by Crippen LogP contribution is -2.36. The van der Waals surface area contributed by atoms with E-state index in [0.717, 1.165) is 5.56 Å². The maximum absolute atomic E-state index is 13.7. The average Bonchev–Trinajstić information content (AvgIpc) is 2.79. The number of aryl methyl sites for hydroxylation is 1. The van der Waals surface area contributed by atoms with Crippen molar-refractivity contribution in [1.82, 2.24) is 0 Å². The summed E-state index contributed by atoms with van der Waals surface area (Å²) in [6.45, 7) is 1.92. The number of anilines is 1. The molecular formula is C24H21NO5S. The third-order valence-corrected chi connectivity index (χ3v) is 6.75. The zero-order chi connectivity index (χ0) is 22.0. The minimum atomic E-state index is -3.93. The third kappa shape index (κ3) is 3.92. The van der Waals surface area contributed by atoms with Crippen LogP contribution in [-0.4, -0.2) is 28.1 Å². The Labute approximate surface area is 181 Å². The molecule has 0 fully saturated rings. The van der Waals surface area contributed by atoms with Crippen molar-refractivity contribution < 1.29 is 22.7 Å². The molecule has 0 saturated heterocycles. The summed E-state index contributed by atoms with van der Waals surface area (Å²) in [4.78, 5) is 12.4. The highest BCUT2D eigenvalue weighted by atomic mass is 32.2. The van der Waals surface area contributed by atoms with Crippen LogP contribution < -0.4 is 9.04 Å². The molecule has 1 aliphatic heterocycles. The Morgan fingerprint density at radius 1 is 1.00 bits per heavy atom. The fourth-order valence-electron chi connectivity index (χ4n) is 3.41. The minimum absolute atomic E-state index is 0.0254. The molecule has 1 aliphatic rings. The lowest BCUT2D eigenvalue weighted by Gasteiger charge is -2.32. The van der Waals surface area contributed by atoms with E-state index >= 15 is 0 Å². The highest BCUT2D eigenvalue weighted by molar-refractivity contribution is 7.93. The van der Waals surface area contributed by atoms with Gasteiger partial charge in [0, 0.05) is 0 Å². The summed E-state index contributed by atoms with van der Waals surface area (Å²) in [6, 6.07) is 20.5. The second-order valence-electron chi connectivity index (χ2n) is 7.05. The first-order valence-electron chi connectivity index (χ1n) is 9.63. The SMILES string of the molecule is COC(=O)c1ccccc1/C=C1\COc2ccccc2N1S(=O)(=O)c1ccc(C)cc1. The molecule has 0 aliphatic carbocycles. The van der Waals surface area contributed by atoms with E-state index in [1.54, 1.807) is 78.9 Å². The first-order chi connectivity index (χ1) is 14.9. The van der Waals surface area contributed by atoms with E-state index in [1.165, 1.54) is 11.4 Å². The molecule has 1 heterocycles. The maximum Gasteiger partial charge on any atom is 0.338 e. The number of hydrogen-bond acceptors (Lipinski definition) is 5. The second kappa shape index (κ2) is 8.28. The van der Waals surface area contributed by atoms with Gasteiger partial charge in [0.25, 0.3) is 10.0 Å². The van der Waals surface area contributed by atoms with Crippen LogP contribution in [0, 0.1) is 6.92 Å². The smallest absolute Gasteiger partial charge is 0.338 e. The molecule has 0 atom stereocenters. The van der Waals surface area contributed by atoms with Gasteiger partial charge in [0.05, 0.1) is 29.0 Å². The quantitative estimate of drug-likeness (QED) is 0.568. The topological polar surface area (TPSA) is 72.9 Å². The van der Waals surface area contributed by atoms with Crippen molar-refractivity contribution in [3.63, 3.8) is 0 Å². The van der Waals surface area contributed by atoms with Crippen LogP contribution in [-0.2, 0) is 14.8 Å². The van der Waals surface area contributed by atoms with Crippen molar-refractivity contribution in [3.05, 3.63) is 95.2 Å². The van der Waals surface area contributed by atoms with Gasteiger partial charge in [0.2, 0.25) is 0 Å². The fraction of sp³-hybridized carbons (Fsp3) is 0.125. The highest BCUT2D eigenvalue weighted by Gasteiger charge is 2.34. The molecule has 0 spiro atoms. The molecule has 0 unspecified atom stereocenters. The van der Waals surface area contributed by atoms with E-state index in [2.05, 4.69) is 0 Å². The van der Waals surface area contributed by atoms with Gasteiger partial charge in [-0.2, -0.15) is 0 Å². The van der Waals surface area contributed by atoms with Crippen molar-refractivity contribution in [1.29, 1.82) is 0 Å². The summed E-state index contributed by atoms with van der Waals surface area (Å²) >= 11 is 0. The number of benzene rings is 3. The molecular weight excluding hydrogens is 414 g/mol. The summed E-state index contributed by atoms with van der Waals surface area (Å²) in [5.74, 6) is -0.0332. The molecule has 31 heavy (non-hydrogen) atoms. The van der Waals surface area contributed by atoms with E-state index < -0.39 is 16.0 Å². The Bertz CT molecular complexity index is 1260. The molecule has 0 saturated carbocycles. The second-order valence-corrected chi connectivity index (χ2v) is 8.84. The van der Waals surface area contributed by atoms with Crippen molar-refractivity contribution in [2.24, 2.45) is 0 Å². The zero-order valence-electron chi connectivity index (χ0n) is 17.1. The molecule has 3 aromatic rings. The van der Waals surface area contributed by atoms with Crippen molar-refractivity contribution in [2.45, 2.75) is 11.8 Å². The van der Waals surface area contributed by atoms with Gasteiger partial charge in [-0.15, -0.1) is 0 Å². The molecule has 0 amide bonds. The standard InChI is InChI=1S/C24H21NO5S/c1-17-11-13-20(14-12-17)31(27,28)25-19(16-30-23-10-6-5-9-22(23)25)15-18-7-3-4-8-21(18)24(26)29-2/h3-15H,16H2,1-2H3/b19-15+. The van der Waals surface area contributed by atoms with E-state index in [4.69, 9.17) is 9.47 Å². The monoisotopic (exact) mass is 435 g/mol. The highest BCUT2D eigenvalue weighted by Crippen LogP contribution is 2.39. The molecule has 158 valence electrons. The number of sulfonamides is 1. The van der Waals surface area contributed by atoms with Crippen molar-refractivity contribution in [2.75, 3.05) is 18.0 Å². The predicted octanol–water partition coefficient (Wildman–Crippen LogP) is 4.41. The molecule has 0 bridgehead atoms. The van der Waals surface area contributed by atoms with Crippen LogP contribution in [0.15, 0.2) is 83.4 Å². The van der Waals surface area contributed by atoms with Crippen LogP contribution >= 0.6 is 0 Å². The molecule has 6 nitrogen and oxygen atoms in total. The number of para-hydroxylation sites is 2. The first kappa shape index (κ1) is 20.7. The first-order valence-corrected chi connectivity index (χ1v) is 11.1. The van der Waals surface area contributed by atoms with E-state index in [9.17, 15) is 13.2 Å². The van der Waals surface area contributed by atoms with Gasteiger partial charge in [0.15, 0.2) is 0 Å². The molecule has 4 rings (SSSR count). The lowest BCUT2D eigenvalue weighted by molar-refractivity contribution is 0.0600. The zero-order valence-corrected chi connectivity index (χ0v) is 17.9. The number of rotatable bonds is 4. The number of fused-ring (bicyclic) bond motifs is 1. The number of esters is 1. The summed E-state index contributed by atoms with van der Waals surface area (Å²) < 4.78 is 39.3. The molecule has 7 heteroatoms. The van der Waals surface area contributed by atoms with E-state index in [0.29, 0.717) is 28.3 Å². The van der Waals surface area contributed by atoms with Gasteiger partial charge >= 0.3 is 5.97 Å². The Balaban J connectivity index is 1.90. The van der Waals surface area contributed by atoms with Gasteiger partial charge < -0.3 is 9.47 Å². The van der Waals surface area contributed by atoms with Gasteiger partial charge in [-0.05, 0) is 48.9 Å². The summed E-state index contributed by atoms with van der Waals surface area (Å²) in [5, 5.41) is 0. The van der Waals surface area contributed by atoms with Crippen LogP contribution in [0.25, 0.3) is 6.08 Å². The predicted molar refractivity (Wildman–Crippen MR) is 119 cm³/mol. The number of carbonyl (C=O) groups excluding carboxylic acids is 1. The Morgan fingerprint density at radius 3 is 2.42 bits per heavy atom. The number of hydrogen-bond donors (Lipinski definition) is 0. The van der Waals surface area contributed by atoms with Crippen LogP contribution in [0.2, 0.25) is 0 Å². The normalized spacial score (nSPS) is 14.6. The van der Waals surface area contributed by atoms with Crippen molar-refractivity contribution in [3.8, 4) is 5.75 Å². The minimum Gasteiger partial charge on any atom is -0.485 e. The Kier molecular flexibility index (Phi) is 5.52. The summed E-state index contributed by atoms with van der Waals surface area (Å²) in [6.07, 6.45) is 1.65. The molecule has 3 aromatic carbocycles. The Morgan fingerprint density at radius 2 is 1.68 bits per heavy atom. The lowest BCUT2D eigenvalue weighted by atomic mass is 10.1. The van der Waals surface area contributed by atoms with Gasteiger partial charge in [-0.1, -0.05) is 48.0 Å². The number of carbonyl (C=O) groups is 1. The fourth-order valence-corrected chi connectivity index (χ4v) is 4.92. The third-order valence-electron chi connectivity index (χ3n) is 4.97. The molecule has 0 radical (unpaired) electrons. The number of nitrogens with zero attached hydrogens (tertiary/aromatic N) is 1. The summed E-state index contributed by atoms with van der Waals surface area (Å²) in [5.41, 5.74) is 2.64. The summed E-state index contributed by atoms with van der Waals surface area (Å²) in [7, 11) is -2.63. The largest absolute Gasteiger partial charge is 0.485 e.